The summed E-state index contributed by atoms with van der Waals surface area (Å²) in [5.74, 6) is -2.17. The molecule has 0 radical (unpaired) electrons. The number of halogens is 1. The summed E-state index contributed by atoms with van der Waals surface area (Å²) in [5, 5.41) is 12.8. The largest absolute Gasteiger partial charge is 0.444 e. The quantitative estimate of drug-likeness (QED) is 0.0352. The predicted octanol–water partition coefficient (Wildman–Crippen LogP) is 5.48. The van der Waals surface area contributed by atoms with Crippen LogP contribution in [-0.2, 0) is 36.7 Å². The number of carbonyl (C=O) groups is 6. The number of hydrogen-bond donors (Lipinski definition) is 8. The van der Waals surface area contributed by atoms with Crippen molar-refractivity contribution >= 4 is 65.0 Å². The molecule has 0 aliphatic heterocycles. The predicted molar refractivity (Wildman–Crippen MR) is 254 cm³/mol. The summed E-state index contributed by atoms with van der Waals surface area (Å²) >= 11 is 5.84. The molecule has 0 saturated carbocycles. The SMILES string of the molecule is CC(C)(C)OC(=O)NCCCC[C@H](NC(=O)OC(C)(C)C)C(=O)NCCCCC(=O)NC(=O)CCc1ccc(-c2ccc(CCCCN=C(N)NC(=O)c3nc(Cl)c(N)nc3N)cc2)cc1. The molecular weight excluding hydrogens is 870 g/mol. The van der Waals surface area contributed by atoms with Crippen LogP contribution in [0.1, 0.15) is 121 Å². The van der Waals surface area contributed by atoms with Gasteiger partial charge < -0.3 is 42.6 Å². The van der Waals surface area contributed by atoms with E-state index in [4.69, 9.17) is 38.3 Å². The van der Waals surface area contributed by atoms with Gasteiger partial charge in [-0.1, -0.05) is 60.1 Å². The minimum absolute atomic E-state index is 0.0759. The number of rotatable bonds is 22. The summed E-state index contributed by atoms with van der Waals surface area (Å²) in [6.07, 6.45) is 4.22. The van der Waals surface area contributed by atoms with E-state index < -0.39 is 47.2 Å². The molecule has 66 heavy (non-hydrogen) atoms. The molecule has 0 bridgehead atoms. The van der Waals surface area contributed by atoms with E-state index in [9.17, 15) is 28.8 Å². The molecule has 19 nitrogen and oxygen atoms in total. The monoisotopic (exact) mass is 935 g/mol. The third-order valence-electron chi connectivity index (χ3n) is 9.40. The summed E-state index contributed by atoms with van der Waals surface area (Å²) in [6.45, 7) is 11.5. The third-order valence-corrected chi connectivity index (χ3v) is 9.68. The van der Waals surface area contributed by atoms with Crippen LogP contribution in [0, 0.1) is 0 Å². The molecule has 0 spiro atoms. The number of hydrogen-bond acceptors (Lipinski definition) is 13. The van der Waals surface area contributed by atoms with Crippen molar-refractivity contribution in [2.75, 3.05) is 31.1 Å². The second-order valence-corrected chi connectivity index (χ2v) is 17.9. The Labute approximate surface area is 391 Å². The number of anilines is 2. The van der Waals surface area contributed by atoms with Crippen LogP contribution in [0.25, 0.3) is 11.1 Å². The summed E-state index contributed by atoms with van der Waals surface area (Å²) in [4.78, 5) is 86.6. The average Bonchev–Trinajstić information content (AvgIpc) is 3.22. The Kier molecular flexibility index (Phi) is 21.6. The van der Waals surface area contributed by atoms with Crippen LogP contribution in [0.4, 0.5) is 21.2 Å². The standard InChI is InChI=1S/C46H66ClN11O8/c1-45(2,3)65-43(63)53-28-11-8-14-33(54-44(64)66-46(4,5)6)40(61)51-26-12-9-15-34(59)55-35(60)25-20-30-18-23-32(24-19-30)31-21-16-29(17-22-31)13-7-10-27-52-42(50)58-41(62)36-38(48)57-39(49)37(47)56-36/h16-19,21-24,33H,7-15,20,25-28H2,1-6H3,(H,51,61)(H,53,63)(H,54,64)(H4,48,49,57)(H,55,59,60)(H3,50,52,58,62)/t33-/m0/s1. The van der Waals surface area contributed by atoms with Crippen molar-refractivity contribution in [2.45, 2.75) is 129 Å². The number of guanidine groups is 1. The zero-order valence-electron chi connectivity index (χ0n) is 38.8. The first-order valence-corrected chi connectivity index (χ1v) is 22.4. The number of benzene rings is 2. The zero-order valence-corrected chi connectivity index (χ0v) is 39.6. The fraction of sp³-hybridized carbons (Fsp3) is 0.500. The van der Waals surface area contributed by atoms with Gasteiger partial charge in [-0.2, -0.15) is 0 Å². The Balaban J connectivity index is 1.32. The highest BCUT2D eigenvalue weighted by atomic mass is 35.5. The first-order chi connectivity index (χ1) is 31.1. The van der Waals surface area contributed by atoms with Gasteiger partial charge in [-0.05, 0) is 122 Å². The molecule has 20 heteroatoms. The van der Waals surface area contributed by atoms with Crippen LogP contribution in [0.3, 0.4) is 0 Å². The van der Waals surface area contributed by atoms with Crippen molar-refractivity contribution in [1.82, 2.24) is 36.6 Å². The number of carbonyl (C=O) groups excluding carboxylic acids is 6. The van der Waals surface area contributed by atoms with Gasteiger partial charge in [-0.25, -0.2) is 19.6 Å². The highest BCUT2D eigenvalue weighted by Gasteiger charge is 2.24. The van der Waals surface area contributed by atoms with Crippen LogP contribution >= 0.6 is 11.6 Å². The van der Waals surface area contributed by atoms with Crippen LogP contribution in [0.5, 0.6) is 0 Å². The lowest BCUT2D eigenvalue weighted by molar-refractivity contribution is -0.130. The fourth-order valence-corrected chi connectivity index (χ4v) is 6.30. The van der Waals surface area contributed by atoms with E-state index >= 15 is 0 Å². The number of nitrogens with two attached hydrogens (primary N) is 3. The molecule has 360 valence electrons. The minimum atomic E-state index is -0.861. The van der Waals surface area contributed by atoms with E-state index in [1.54, 1.807) is 41.5 Å². The molecule has 1 atom stereocenters. The zero-order chi connectivity index (χ0) is 48.9. The van der Waals surface area contributed by atoms with Crippen molar-refractivity contribution in [3.8, 4) is 11.1 Å². The first kappa shape index (κ1) is 53.8. The number of ether oxygens (including phenoxy) is 2. The number of aromatic nitrogens is 2. The maximum absolute atomic E-state index is 13.0. The Morgan fingerprint density at radius 2 is 1.23 bits per heavy atom. The maximum atomic E-state index is 13.0. The van der Waals surface area contributed by atoms with E-state index in [1.165, 1.54) is 0 Å². The summed E-state index contributed by atoms with van der Waals surface area (Å²) < 4.78 is 10.6. The van der Waals surface area contributed by atoms with E-state index in [2.05, 4.69) is 65.8 Å². The smallest absolute Gasteiger partial charge is 0.408 e. The third kappa shape index (κ3) is 21.5. The highest BCUT2D eigenvalue weighted by molar-refractivity contribution is 6.31. The second kappa shape index (κ2) is 26.5. The van der Waals surface area contributed by atoms with Gasteiger partial charge in [-0.3, -0.25) is 34.8 Å². The van der Waals surface area contributed by atoms with Gasteiger partial charge >= 0.3 is 12.2 Å². The Morgan fingerprint density at radius 1 is 0.667 bits per heavy atom. The van der Waals surface area contributed by atoms with E-state index in [0.717, 1.165) is 41.5 Å². The molecule has 3 rings (SSSR count). The number of amides is 6. The van der Waals surface area contributed by atoms with Crippen molar-refractivity contribution in [1.29, 1.82) is 0 Å². The molecule has 0 aliphatic carbocycles. The summed E-state index contributed by atoms with van der Waals surface area (Å²) in [6, 6.07) is 15.3. The van der Waals surface area contributed by atoms with Crippen molar-refractivity contribution in [2.24, 2.45) is 10.7 Å². The number of nitrogens with zero attached hydrogens (tertiary/aromatic N) is 3. The molecule has 1 heterocycles. The molecule has 0 unspecified atom stereocenters. The maximum Gasteiger partial charge on any atom is 0.408 e. The van der Waals surface area contributed by atoms with Gasteiger partial charge in [0.1, 0.15) is 17.2 Å². The number of imide groups is 1. The van der Waals surface area contributed by atoms with Gasteiger partial charge in [0.2, 0.25) is 17.7 Å². The Bertz CT molecular complexity index is 2140. The lowest BCUT2D eigenvalue weighted by Gasteiger charge is -2.23. The van der Waals surface area contributed by atoms with Crippen LogP contribution < -0.4 is 43.8 Å². The number of aliphatic imine (C=N–C) groups is 1. The highest BCUT2D eigenvalue weighted by Crippen LogP contribution is 2.22. The normalized spacial score (nSPS) is 12.1. The van der Waals surface area contributed by atoms with Gasteiger partial charge in [0.15, 0.2) is 28.4 Å². The Morgan fingerprint density at radius 3 is 1.85 bits per heavy atom. The van der Waals surface area contributed by atoms with E-state index in [0.29, 0.717) is 51.6 Å². The van der Waals surface area contributed by atoms with E-state index in [1.807, 2.05) is 24.3 Å². The van der Waals surface area contributed by atoms with Gasteiger partial charge in [0.05, 0.1) is 0 Å². The molecule has 1 aromatic heterocycles. The number of nitrogens with one attached hydrogen (secondary N) is 5. The number of unbranched alkanes of at least 4 members (excludes halogenated alkanes) is 3. The molecular formula is C46H66ClN11O8. The average molecular weight is 937 g/mol. The van der Waals surface area contributed by atoms with Crippen molar-refractivity contribution in [3.63, 3.8) is 0 Å². The van der Waals surface area contributed by atoms with E-state index in [-0.39, 0.29) is 53.7 Å². The molecule has 3 aromatic rings. The molecule has 0 aliphatic rings. The fourth-order valence-electron chi connectivity index (χ4n) is 6.17. The van der Waals surface area contributed by atoms with Crippen LogP contribution in [-0.4, -0.2) is 88.6 Å². The molecule has 6 amide bonds. The number of aryl methyl sites for hydroxylation is 2. The first-order valence-electron chi connectivity index (χ1n) is 22.0. The van der Waals surface area contributed by atoms with Crippen molar-refractivity contribution in [3.05, 3.63) is 70.5 Å². The van der Waals surface area contributed by atoms with Gasteiger partial charge in [0, 0.05) is 32.5 Å². The molecule has 0 fully saturated rings. The number of nitrogen functional groups attached to an aromatic ring is 2. The minimum Gasteiger partial charge on any atom is -0.444 e. The summed E-state index contributed by atoms with van der Waals surface area (Å²) in [7, 11) is 0. The molecule has 11 N–H and O–H groups in total. The van der Waals surface area contributed by atoms with Gasteiger partial charge in [0.25, 0.3) is 5.91 Å². The van der Waals surface area contributed by atoms with Crippen molar-refractivity contribution < 1.29 is 38.2 Å². The Hall–Kier alpha value is -6.50. The van der Waals surface area contributed by atoms with Crippen LogP contribution in [0.15, 0.2) is 53.5 Å². The molecule has 0 saturated heterocycles. The summed E-state index contributed by atoms with van der Waals surface area (Å²) in [5.41, 5.74) is 19.7. The second-order valence-electron chi connectivity index (χ2n) is 17.5. The van der Waals surface area contributed by atoms with Crippen LogP contribution in [0.2, 0.25) is 5.15 Å². The van der Waals surface area contributed by atoms with Gasteiger partial charge in [-0.15, -0.1) is 0 Å². The lowest BCUT2D eigenvalue weighted by Crippen LogP contribution is -2.48. The topological polar surface area (TPSA) is 297 Å². The lowest BCUT2D eigenvalue weighted by atomic mass is 9.99. The molecule has 2 aromatic carbocycles. The number of alkyl carbamates (subject to hydrolysis) is 2.